The average molecular weight is 483 g/mol. The van der Waals surface area contributed by atoms with E-state index in [1.807, 2.05) is 50.2 Å². The molecule has 2 amide bonds. The minimum absolute atomic E-state index is 0.0407. The lowest BCUT2D eigenvalue weighted by atomic mass is 9.72. The second-order valence-corrected chi connectivity index (χ2v) is 11.9. The van der Waals surface area contributed by atoms with Crippen molar-refractivity contribution in [3.8, 4) is 0 Å². The van der Waals surface area contributed by atoms with Crippen LogP contribution < -0.4 is 21.1 Å². The van der Waals surface area contributed by atoms with Gasteiger partial charge in [0.2, 0.25) is 0 Å². The summed E-state index contributed by atoms with van der Waals surface area (Å²) in [5.41, 5.74) is -1.33. The number of para-hydroxylation sites is 1. The highest BCUT2D eigenvalue weighted by atomic mass is 32.2. The number of benzene rings is 2. The maximum Gasteiger partial charge on any atom is 0.320 e. The third kappa shape index (κ3) is 5.28. The van der Waals surface area contributed by atoms with Crippen LogP contribution in [0.2, 0.25) is 0 Å². The van der Waals surface area contributed by atoms with E-state index in [0.29, 0.717) is 5.69 Å². The first-order chi connectivity index (χ1) is 15.9. The SMILES string of the molecule is CC1(C)SC(C(NC(=O)Nc2ccccc2)(C(=O)[O-])C(C)(C)C)NC1C(=O)Cc1ccccc1. The lowest BCUT2D eigenvalue weighted by Crippen LogP contribution is -2.74. The molecule has 0 saturated carbocycles. The first kappa shape index (κ1) is 25.8. The van der Waals surface area contributed by atoms with Gasteiger partial charge < -0.3 is 20.5 Å². The van der Waals surface area contributed by atoms with E-state index in [1.165, 1.54) is 11.8 Å². The summed E-state index contributed by atoms with van der Waals surface area (Å²) in [4.78, 5) is 38.9. The number of thioether (sulfide) groups is 1. The molecule has 0 aromatic heterocycles. The molecule has 0 aliphatic carbocycles. The highest BCUT2D eigenvalue weighted by molar-refractivity contribution is 8.01. The van der Waals surface area contributed by atoms with E-state index in [4.69, 9.17) is 0 Å². The Morgan fingerprint density at radius 2 is 1.56 bits per heavy atom. The molecule has 1 saturated heterocycles. The van der Waals surface area contributed by atoms with Crippen molar-refractivity contribution < 1.29 is 19.5 Å². The zero-order valence-electron chi connectivity index (χ0n) is 20.2. The minimum Gasteiger partial charge on any atom is -0.547 e. The number of aliphatic carboxylic acids is 1. The number of carbonyl (C=O) groups excluding carboxylic acids is 3. The van der Waals surface area contributed by atoms with Gasteiger partial charge in [0.25, 0.3) is 0 Å². The fraction of sp³-hybridized carbons (Fsp3) is 0.423. The fourth-order valence-electron chi connectivity index (χ4n) is 4.32. The predicted molar refractivity (Wildman–Crippen MR) is 133 cm³/mol. The highest BCUT2D eigenvalue weighted by Crippen LogP contribution is 2.47. The molecule has 1 aliphatic rings. The van der Waals surface area contributed by atoms with Crippen LogP contribution in [0.1, 0.15) is 40.2 Å². The van der Waals surface area contributed by atoms with E-state index < -0.39 is 39.1 Å². The number of anilines is 1. The number of carboxylic acids is 1. The highest BCUT2D eigenvalue weighted by Gasteiger charge is 2.58. The van der Waals surface area contributed by atoms with E-state index in [1.54, 1.807) is 45.0 Å². The standard InChI is InChI=1S/C26H33N3O4S/c1-24(2,3)26(22(31)32,29-23(33)27-18-14-10-7-11-15-18)21-28-20(25(4,5)34-21)19(30)16-17-12-8-6-9-13-17/h6-15,20-21,28H,16H2,1-5H3,(H,31,32)(H2,27,29,33)/p-1. The number of carbonyl (C=O) groups is 3. The molecule has 3 atom stereocenters. The lowest BCUT2D eigenvalue weighted by Gasteiger charge is -2.49. The summed E-state index contributed by atoms with van der Waals surface area (Å²) >= 11 is 1.33. The second-order valence-electron chi connectivity index (χ2n) is 10.1. The zero-order chi connectivity index (χ0) is 25.1. The molecule has 1 fully saturated rings. The van der Waals surface area contributed by atoms with Gasteiger partial charge in [-0.3, -0.25) is 10.1 Å². The number of urea groups is 1. The van der Waals surface area contributed by atoms with Crippen LogP contribution in [0.5, 0.6) is 0 Å². The van der Waals surface area contributed by atoms with Gasteiger partial charge in [0.1, 0.15) is 5.54 Å². The molecular formula is C26H32N3O4S-. The second kappa shape index (κ2) is 9.80. The van der Waals surface area contributed by atoms with Crippen LogP contribution in [0.15, 0.2) is 60.7 Å². The van der Waals surface area contributed by atoms with Crippen LogP contribution in [-0.2, 0) is 16.0 Å². The maximum absolute atomic E-state index is 13.2. The van der Waals surface area contributed by atoms with E-state index in [0.717, 1.165) is 5.56 Å². The Kier molecular flexibility index (Phi) is 7.43. The van der Waals surface area contributed by atoms with Crippen LogP contribution in [-0.4, -0.2) is 39.5 Å². The van der Waals surface area contributed by atoms with Gasteiger partial charge in [-0.2, -0.15) is 0 Å². The van der Waals surface area contributed by atoms with E-state index in [9.17, 15) is 19.5 Å². The number of hydrogen-bond donors (Lipinski definition) is 3. The largest absolute Gasteiger partial charge is 0.547 e. The summed E-state index contributed by atoms with van der Waals surface area (Å²) in [7, 11) is 0. The Morgan fingerprint density at radius 3 is 2.09 bits per heavy atom. The van der Waals surface area contributed by atoms with Crippen molar-refractivity contribution in [2.45, 2.75) is 62.7 Å². The molecule has 1 heterocycles. The molecule has 0 radical (unpaired) electrons. The summed E-state index contributed by atoms with van der Waals surface area (Å²) in [6.07, 6.45) is 0.227. The van der Waals surface area contributed by atoms with Gasteiger partial charge in [-0.05, 0) is 37.0 Å². The number of amides is 2. The Balaban J connectivity index is 1.89. The molecule has 3 unspecified atom stereocenters. The Hall–Kier alpha value is -2.84. The summed E-state index contributed by atoms with van der Waals surface area (Å²) in [6.45, 7) is 9.02. The van der Waals surface area contributed by atoms with Crippen molar-refractivity contribution in [1.29, 1.82) is 0 Å². The monoisotopic (exact) mass is 482 g/mol. The Labute approximate surface area is 205 Å². The fourth-order valence-corrected chi connectivity index (χ4v) is 6.16. The van der Waals surface area contributed by atoms with E-state index >= 15 is 0 Å². The lowest BCUT2D eigenvalue weighted by molar-refractivity contribution is -0.318. The summed E-state index contributed by atoms with van der Waals surface area (Å²) in [6, 6.07) is 16.9. The first-order valence-electron chi connectivity index (χ1n) is 11.2. The molecule has 2 aromatic rings. The molecule has 2 aromatic carbocycles. The van der Waals surface area contributed by atoms with Crippen molar-refractivity contribution >= 4 is 35.2 Å². The number of nitrogens with one attached hydrogen (secondary N) is 3. The summed E-state index contributed by atoms with van der Waals surface area (Å²) in [5, 5.41) is 20.6. The van der Waals surface area contributed by atoms with Crippen molar-refractivity contribution in [3.05, 3.63) is 66.2 Å². The van der Waals surface area contributed by atoms with Crippen LogP contribution in [0.3, 0.4) is 0 Å². The molecular weight excluding hydrogens is 450 g/mol. The van der Waals surface area contributed by atoms with E-state index in [2.05, 4.69) is 16.0 Å². The number of carboxylic acid groups (broad SMARTS) is 1. The van der Waals surface area contributed by atoms with Gasteiger partial charge in [0, 0.05) is 16.9 Å². The third-order valence-electron chi connectivity index (χ3n) is 6.22. The number of hydrogen-bond acceptors (Lipinski definition) is 6. The third-order valence-corrected chi connectivity index (χ3v) is 7.79. The first-order valence-corrected chi connectivity index (χ1v) is 12.1. The molecule has 7 nitrogen and oxygen atoms in total. The van der Waals surface area contributed by atoms with Gasteiger partial charge in [0.05, 0.1) is 17.4 Å². The molecule has 3 N–H and O–H groups in total. The summed E-state index contributed by atoms with van der Waals surface area (Å²) < 4.78 is -0.611. The Morgan fingerprint density at radius 1 is 1.00 bits per heavy atom. The number of Topliss-reactive ketones (excluding diaryl/α,β-unsaturated/α-hetero) is 1. The van der Waals surface area contributed by atoms with Crippen molar-refractivity contribution in [3.63, 3.8) is 0 Å². The van der Waals surface area contributed by atoms with Crippen LogP contribution in [0.4, 0.5) is 10.5 Å². The van der Waals surface area contributed by atoms with Crippen molar-refractivity contribution in [2.75, 3.05) is 5.32 Å². The van der Waals surface area contributed by atoms with Crippen LogP contribution in [0, 0.1) is 5.41 Å². The molecule has 182 valence electrons. The molecule has 0 spiro atoms. The summed E-state index contributed by atoms with van der Waals surface area (Å²) in [5.74, 6) is -1.46. The van der Waals surface area contributed by atoms with Gasteiger partial charge in [-0.1, -0.05) is 69.3 Å². The van der Waals surface area contributed by atoms with Gasteiger partial charge >= 0.3 is 6.03 Å². The topological polar surface area (TPSA) is 110 Å². The van der Waals surface area contributed by atoms with Gasteiger partial charge in [0.15, 0.2) is 5.78 Å². The molecule has 1 aliphatic heterocycles. The van der Waals surface area contributed by atoms with Gasteiger partial charge in [-0.15, -0.1) is 11.8 Å². The molecule has 3 rings (SSSR count). The van der Waals surface area contributed by atoms with Crippen molar-refractivity contribution in [2.24, 2.45) is 5.41 Å². The van der Waals surface area contributed by atoms with Crippen LogP contribution in [0.25, 0.3) is 0 Å². The van der Waals surface area contributed by atoms with Crippen LogP contribution >= 0.6 is 11.8 Å². The smallest absolute Gasteiger partial charge is 0.320 e. The Bertz CT molecular complexity index is 1040. The van der Waals surface area contributed by atoms with Gasteiger partial charge in [-0.25, -0.2) is 4.79 Å². The minimum atomic E-state index is -1.81. The molecule has 34 heavy (non-hydrogen) atoms. The normalized spacial score (nSPS) is 21.3. The van der Waals surface area contributed by atoms with E-state index in [-0.39, 0.29) is 12.2 Å². The maximum atomic E-state index is 13.2. The quantitative estimate of drug-likeness (QED) is 0.560. The number of ketones is 1. The zero-order valence-corrected chi connectivity index (χ0v) is 21.0. The molecule has 0 bridgehead atoms. The number of rotatable bonds is 7. The molecule has 8 heteroatoms. The predicted octanol–water partition coefficient (Wildman–Crippen LogP) is 2.96. The van der Waals surface area contributed by atoms with Crippen molar-refractivity contribution in [1.82, 2.24) is 10.6 Å². The average Bonchev–Trinajstić information content (AvgIpc) is 3.07.